The van der Waals surface area contributed by atoms with Crippen LogP contribution in [0.15, 0.2) is 30.5 Å². The largest absolute Gasteiger partial charge is 0.382 e. The van der Waals surface area contributed by atoms with E-state index in [-0.39, 0.29) is 11.9 Å². The van der Waals surface area contributed by atoms with Crippen LogP contribution in [0.4, 0.5) is 5.82 Å². The van der Waals surface area contributed by atoms with Crippen LogP contribution in [0.3, 0.4) is 0 Å². The third-order valence-corrected chi connectivity index (χ3v) is 5.89. The summed E-state index contributed by atoms with van der Waals surface area (Å²) in [5.74, 6) is 1.50. The highest BCUT2D eigenvalue weighted by Crippen LogP contribution is 2.30. The highest BCUT2D eigenvalue weighted by molar-refractivity contribution is 6.07. The highest BCUT2D eigenvalue weighted by Gasteiger charge is 2.29. The number of hydrogen-bond acceptors (Lipinski definition) is 5. The van der Waals surface area contributed by atoms with Crippen LogP contribution in [0.2, 0.25) is 0 Å². The van der Waals surface area contributed by atoms with E-state index in [1.165, 1.54) is 0 Å². The van der Waals surface area contributed by atoms with Crippen molar-refractivity contribution in [2.75, 3.05) is 12.3 Å². The molecule has 5 rings (SSSR count). The second-order valence-electron chi connectivity index (χ2n) is 7.93. The predicted molar refractivity (Wildman–Crippen MR) is 117 cm³/mol. The number of aromatic nitrogens is 5. The van der Waals surface area contributed by atoms with E-state index in [1.807, 2.05) is 36.1 Å². The van der Waals surface area contributed by atoms with Gasteiger partial charge in [0.2, 0.25) is 5.91 Å². The Bertz CT molecular complexity index is 1210. The first-order valence-corrected chi connectivity index (χ1v) is 10.5. The number of aromatic amines is 2. The van der Waals surface area contributed by atoms with Crippen LogP contribution in [-0.4, -0.2) is 48.5 Å². The zero-order chi connectivity index (χ0) is 20.7. The Morgan fingerprint density at radius 1 is 1.30 bits per heavy atom. The summed E-state index contributed by atoms with van der Waals surface area (Å²) in [5, 5.41) is 8.05. The maximum absolute atomic E-state index is 12.4. The maximum Gasteiger partial charge on any atom is 0.222 e. The number of likely N-dealkylation sites (tertiary alicyclic amines) is 1. The third kappa shape index (κ3) is 3.18. The molecular formula is C22H25N7O. The van der Waals surface area contributed by atoms with Crippen LogP contribution in [-0.2, 0) is 11.2 Å². The number of amides is 1. The lowest BCUT2D eigenvalue weighted by molar-refractivity contribution is -0.132. The first-order chi connectivity index (χ1) is 14.6. The number of H-pyrrole nitrogens is 2. The number of carbonyl (C=O) groups is 1. The van der Waals surface area contributed by atoms with Gasteiger partial charge in [-0.25, -0.2) is 9.97 Å². The molecule has 4 heterocycles. The van der Waals surface area contributed by atoms with Gasteiger partial charge in [0.15, 0.2) is 5.82 Å². The van der Waals surface area contributed by atoms with Gasteiger partial charge in [-0.05, 0) is 37.5 Å². The molecular weight excluding hydrogens is 378 g/mol. The number of nitrogens with one attached hydrogen (secondary N) is 2. The van der Waals surface area contributed by atoms with Crippen LogP contribution in [0.1, 0.15) is 38.4 Å². The molecule has 0 aliphatic carbocycles. The van der Waals surface area contributed by atoms with Gasteiger partial charge < -0.3 is 15.6 Å². The molecule has 3 aromatic heterocycles. The Balaban J connectivity index is 1.50. The summed E-state index contributed by atoms with van der Waals surface area (Å²) in [5.41, 5.74) is 10.5. The van der Waals surface area contributed by atoms with E-state index < -0.39 is 0 Å². The minimum atomic E-state index is 0.191. The lowest BCUT2D eigenvalue weighted by Crippen LogP contribution is -2.36. The minimum Gasteiger partial charge on any atom is -0.382 e. The van der Waals surface area contributed by atoms with Crippen molar-refractivity contribution in [3.05, 3.63) is 36.3 Å². The number of imidazole rings is 1. The number of nitrogens with zero attached hydrogens (tertiary/aromatic N) is 4. The van der Waals surface area contributed by atoms with Crippen molar-refractivity contribution in [3.8, 4) is 11.3 Å². The molecule has 0 saturated carbocycles. The van der Waals surface area contributed by atoms with E-state index in [9.17, 15) is 4.79 Å². The van der Waals surface area contributed by atoms with E-state index >= 15 is 0 Å². The minimum absolute atomic E-state index is 0.191. The maximum atomic E-state index is 12.4. The number of nitrogens with two attached hydrogens (primary N) is 1. The van der Waals surface area contributed by atoms with Crippen molar-refractivity contribution in [2.24, 2.45) is 0 Å². The number of nitrogen functional groups attached to an aromatic ring is 1. The van der Waals surface area contributed by atoms with Gasteiger partial charge in [0.1, 0.15) is 11.3 Å². The number of carbonyl (C=O) groups excluding carboxylic acids is 1. The summed E-state index contributed by atoms with van der Waals surface area (Å²) in [7, 11) is 0. The van der Waals surface area contributed by atoms with Crippen LogP contribution in [0.25, 0.3) is 33.2 Å². The van der Waals surface area contributed by atoms with Crippen molar-refractivity contribution in [3.63, 3.8) is 0 Å². The number of benzene rings is 1. The summed E-state index contributed by atoms with van der Waals surface area (Å²) in [6.07, 6.45) is 6.04. The Labute approximate surface area is 173 Å². The predicted octanol–water partition coefficient (Wildman–Crippen LogP) is 3.42. The topological polar surface area (TPSA) is 117 Å². The lowest BCUT2D eigenvalue weighted by Gasteiger charge is -2.24. The van der Waals surface area contributed by atoms with Gasteiger partial charge in [0, 0.05) is 42.6 Å². The average Bonchev–Trinajstić information content (AvgIpc) is 3.49. The molecule has 0 unspecified atom stereocenters. The van der Waals surface area contributed by atoms with Gasteiger partial charge in [-0.15, -0.1) is 0 Å². The molecule has 1 aromatic carbocycles. The Morgan fingerprint density at radius 2 is 2.20 bits per heavy atom. The second kappa shape index (κ2) is 7.44. The fraction of sp³-hybridized carbons (Fsp3) is 0.364. The Hall–Kier alpha value is -3.42. The molecule has 4 N–H and O–H groups in total. The summed E-state index contributed by atoms with van der Waals surface area (Å²) >= 11 is 0. The summed E-state index contributed by atoms with van der Waals surface area (Å²) in [4.78, 5) is 27.2. The molecule has 1 saturated heterocycles. The quantitative estimate of drug-likeness (QED) is 0.472. The van der Waals surface area contributed by atoms with Crippen molar-refractivity contribution >= 4 is 33.7 Å². The van der Waals surface area contributed by atoms with Crippen LogP contribution < -0.4 is 5.73 Å². The molecule has 154 valence electrons. The van der Waals surface area contributed by atoms with Gasteiger partial charge in [0.25, 0.3) is 0 Å². The average molecular weight is 403 g/mol. The molecule has 1 aliphatic rings. The zero-order valence-electron chi connectivity index (χ0n) is 17.0. The Morgan fingerprint density at radius 3 is 3.00 bits per heavy atom. The third-order valence-electron chi connectivity index (χ3n) is 5.89. The van der Waals surface area contributed by atoms with Crippen LogP contribution >= 0.6 is 0 Å². The SMILES string of the molecule is CCCC(=O)N1CCC[C@@H]1Cc1nc2c(N)nc3cc(-c4cc[nH]n4)ccc3c2[nH]1. The molecule has 30 heavy (non-hydrogen) atoms. The lowest BCUT2D eigenvalue weighted by atomic mass is 10.1. The molecule has 1 fully saturated rings. The molecule has 1 aliphatic heterocycles. The second-order valence-corrected chi connectivity index (χ2v) is 7.93. The first-order valence-electron chi connectivity index (χ1n) is 10.5. The summed E-state index contributed by atoms with van der Waals surface area (Å²) in [6.45, 7) is 2.88. The standard InChI is InChI=1S/C22H25N7O/c1-2-4-19(30)29-10-3-5-14(29)12-18-26-20-15-7-6-13(16-8-9-24-28-16)11-17(15)25-22(23)21(20)27-18/h6-9,11,14H,2-5,10,12H2,1H3,(H2,23,25)(H,24,28)(H,26,27)/t14-/m1/s1. The number of anilines is 1. The van der Waals surface area contributed by atoms with E-state index in [0.29, 0.717) is 24.2 Å². The van der Waals surface area contributed by atoms with E-state index in [0.717, 1.165) is 59.3 Å². The highest BCUT2D eigenvalue weighted by atomic mass is 16.2. The van der Waals surface area contributed by atoms with Crippen molar-refractivity contribution in [1.82, 2.24) is 30.0 Å². The molecule has 0 spiro atoms. The molecule has 1 amide bonds. The van der Waals surface area contributed by atoms with Gasteiger partial charge in [-0.1, -0.05) is 13.0 Å². The van der Waals surface area contributed by atoms with Crippen LogP contribution in [0.5, 0.6) is 0 Å². The molecule has 8 nitrogen and oxygen atoms in total. The smallest absolute Gasteiger partial charge is 0.222 e. The fourth-order valence-corrected chi connectivity index (χ4v) is 4.45. The van der Waals surface area contributed by atoms with E-state index in [2.05, 4.69) is 20.2 Å². The van der Waals surface area contributed by atoms with Crippen molar-refractivity contribution in [2.45, 2.75) is 45.1 Å². The summed E-state index contributed by atoms with van der Waals surface area (Å²) in [6, 6.07) is 8.16. The summed E-state index contributed by atoms with van der Waals surface area (Å²) < 4.78 is 0. The van der Waals surface area contributed by atoms with Gasteiger partial charge >= 0.3 is 0 Å². The molecule has 4 aromatic rings. The number of fused-ring (bicyclic) bond motifs is 3. The molecule has 1 atom stereocenters. The normalized spacial score (nSPS) is 16.7. The number of pyridine rings is 1. The number of hydrogen-bond donors (Lipinski definition) is 3. The molecule has 0 radical (unpaired) electrons. The number of rotatable bonds is 5. The van der Waals surface area contributed by atoms with Crippen LogP contribution in [0, 0.1) is 0 Å². The Kier molecular flexibility index (Phi) is 4.61. The van der Waals surface area contributed by atoms with Gasteiger partial charge in [-0.3, -0.25) is 9.89 Å². The van der Waals surface area contributed by atoms with Crippen molar-refractivity contribution in [1.29, 1.82) is 0 Å². The van der Waals surface area contributed by atoms with Gasteiger partial charge in [0.05, 0.1) is 16.7 Å². The molecule has 0 bridgehead atoms. The first kappa shape index (κ1) is 18.6. The fourth-order valence-electron chi connectivity index (χ4n) is 4.45. The van der Waals surface area contributed by atoms with Crippen molar-refractivity contribution < 1.29 is 4.79 Å². The zero-order valence-corrected chi connectivity index (χ0v) is 17.0. The monoisotopic (exact) mass is 403 g/mol. The van der Waals surface area contributed by atoms with Gasteiger partial charge in [-0.2, -0.15) is 5.10 Å². The van der Waals surface area contributed by atoms with E-state index in [4.69, 9.17) is 10.7 Å². The van der Waals surface area contributed by atoms with E-state index in [1.54, 1.807) is 6.20 Å². The molecule has 8 heteroatoms.